The maximum absolute atomic E-state index is 12.8. The van der Waals surface area contributed by atoms with Crippen LogP contribution in [0.25, 0.3) is 17.5 Å². The van der Waals surface area contributed by atoms with Gasteiger partial charge in [0, 0.05) is 35.3 Å². The van der Waals surface area contributed by atoms with Gasteiger partial charge in [-0.25, -0.2) is 0 Å². The van der Waals surface area contributed by atoms with Crippen LogP contribution in [-0.4, -0.2) is 33.0 Å². The van der Waals surface area contributed by atoms with Crippen LogP contribution in [0.3, 0.4) is 0 Å². The van der Waals surface area contributed by atoms with Gasteiger partial charge in [0.05, 0.1) is 5.69 Å². The van der Waals surface area contributed by atoms with Gasteiger partial charge < -0.3 is 9.88 Å². The van der Waals surface area contributed by atoms with Crippen LogP contribution < -0.4 is 0 Å². The molecule has 0 spiro atoms. The van der Waals surface area contributed by atoms with E-state index in [1.165, 1.54) is 23.4 Å². The number of allylic oxidation sites excluding steroid dienone is 1. The Morgan fingerprint density at radius 3 is 2.70 bits per heavy atom. The minimum Gasteiger partial charge on any atom is -0.357 e. The van der Waals surface area contributed by atoms with E-state index in [2.05, 4.69) is 41.2 Å². The fraction of sp³-hybridized carbons (Fsp3) is 0.360. The van der Waals surface area contributed by atoms with Gasteiger partial charge in [-0.1, -0.05) is 32.0 Å². The van der Waals surface area contributed by atoms with Crippen molar-refractivity contribution in [1.29, 1.82) is 0 Å². The summed E-state index contributed by atoms with van der Waals surface area (Å²) in [6.45, 7) is 4.65. The van der Waals surface area contributed by atoms with E-state index in [1.54, 1.807) is 4.90 Å². The van der Waals surface area contributed by atoms with Gasteiger partial charge in [0.15, 0.2) is 0 Å². The molecule has 0 fully saturated rings. The van der Waals surface area contributed by atoms with E-state index < -0.39 is 0 Å². The van der Waals surface area contributed by atoms with E-state index in [0.717, 1.165) is 48.3 Å². The first kappa shape index (κ1) is 18.9. The second-order valence-corrected chi connectivity index (χ2v) is 9.35. The molecule has 2 aliphatic rings. The van der Waals surface area contributed by atoms with Crippen LogP contribution >= 0.6 is 0 Å². The Labute approximate surface area is 177 Å². The molecular formula is C25H28N4O. The van der Waals surface area contributed by atoms with Crippen molar-refractivity contribution in [3.8, 4) is 11.4 Å². The highest BCUT2D eigenvalue weighted by Gasteiger charge is 2.30. The molecule has 154 valence electrons. The minimum atomic E-state index is 0.0324. The highest BCUT2D eigenvalue weighted by molar-refractivity contribution is 5.95. The van der Waals surface area contributed by atoms with Crippen molar-refractivity contribution in [3.05, 3.63) is 70.2 Å². The third kappa shape index (κ3) is 3.28. The molecule has 3 aromatic rings. The number of benzene rings is 1. The number of aromatic nitrogens is 3. The second kappa shape index (κ2) is 7.01. The average Bonchev–Trinajstić information content (AvgIpc) is 3.35. The average molecular weight is 401 g/mol. The van der Waals surface area contributed by atoms with E-state index in [0.29, 0.717) is 11.0 Å². The van der Waals surface area contributed by atoms with Crippen molar-refractivity contribution < 1.29 is 4.79 Å². The molecule has 0 aliphatic heterocycles. The summed E-state index contributed by atoms with van der Waals surface area (Å²) in [7, 11) is 1.87. The number of rotatable bonds is 3. The molecule has 0 bridgehead atoms. The summed E-state index contributed by atoms with van der Waals surface area (Å²) >= 11 is 0. The summed E-state index contributed by atoms with van der Waals surface area (Å²) in [6, 6.07) is 11.6. The zero-order chi connectivity index (χ0) is 20.9. The van der Waals surface area contributed by atoms with E-state index in [4.69, 9.17) is 0 Å². The van der Waals surface area contributed by atoms with Crippen molar-refractivity contribution in [2.24, 2.45) is 5.41 Å². The lowest BCUT2D eigenvalue weighted by Gasteiger charge is -2.29. The van der Waals surface area contributed by atoms with Gasteiger partial charge in [0.2, 0.25) is 0 Å². The fourth-order valence-corrected chi connectivity index (χ4v) is 4.72. The van der Waals surface area contributed by atoms with Gasteiger partial charge in [-0.15, -0.1) is 0 Å². The smallest absolute Gasteiger partial charge is 0.257 e. The van der Waals surface area contributed by atoms with Crippen molar-refractivity contribution in [1.82, 2.24) is 20.1 Å². The van der Waals surface area contributed by atoms with Crippen LogP contribution in [0.15, 0.2) is 42.1 Å². The van der Waals surface area contributed by atoms with Crippen LogP contribution in [-0.2, 0) is 19.3 Å². The maximum Gasteiger partial charge on any atom is 0.257 e. The number of nitrogens with one attached hydrogen (secondary N) is 2. The van der Waals surface area contributed by atoms with Crippen LogP contribution in [0, 0.1) is 5.41 Å². The van der Waals surface area contributed by atoms with Crippen LogP contribution in [0.4, 0.5) is 0 Å². The van der Waals surface area contributed by atoms with Gasteiger partial charge in [0.25, 0.3) is 5.91 Å². The number of hydrogen-bond acceptors (Lipinski definition) is 2. The molecule has 0 atom stereocenters. The van der Waals surface area contributed by atoms with E-state index in [1.807, 2.05) is 37.4 Å². The zero-order valence-corrected chi connectivity index (χ0v) is 17.9. The second-order valence-electron chi connectivity index (χ2n) is 9.35. The van der Waals surface area contributed by atoms with E-state index in [-0.39, 0.29) is 5.91 Å². The number of nitrogens with zero attached hydrogens (tertiary/aromatic N) is 2. The lowest BCUT2D eigenvalue weighted by molar-refractivity contribution is 0.0833. The van der Waals surface area contributed by atoms with Gasteiger partial charge in [-0.3, -0.25) is 9.89 Å². The van der Waals surface area contributed by atoms with E-state index >= 15 is 0 Å². The van der Waals surface area contributed by atoms with Crippen molar-refractivity contribution >= 4 is 12.0 Å². The highest BCUT2D eigenvalue weighted by atomic mass is 16.2. The molecule has 0 radical (unpaired) electrons. The van der Waals surface area contributed by atoms with Crippen LogP contribution in [0.1, 0.15) is 59.6 Å². The molecule has 5 nitrogen and oxygen atoms in total. The number of H-pyrrole nitrogens is 2. The molecule has 2 aliphatic carbocycles. The Morgan fingerprint density at radius 1 is 1.10 bits per heavy atom. The quantitative estimate of drug-likeness (QED) is 0.651. The minimum absolute atomic E-state index is 0.0324. The lowest BCUT2D eigenvalue weighted by Crippen LogP contribution is -2.27. The third-order valence-corrected chi connectivity index (χ3v) is 6.56. The van der Waals surface area contributed by atoms with Gasteiger partial charge in [-0.2, -0.15) is 5.10 Å². The lowest BCUT2D eigenvalue weighted by atomic mass is 9.76. The number of aromatic amines is 2. The van der Waals surface area contributed by atoms with Crippen molar-refractivity contribution in [2.75, 3.05) is 7.05 Å². The Morgan fingerprint density at radius 2 is 1.90 bits per heavy atom. The summed E-state index contributed by atoms with van der Waals surface area (Å²) in [5.74, 6) is 0.0324. The Hall–Kier alpha value is -3.08. The van der Waals surface area contributed by atoms with Gasteiger partial charge in [0.1, 0.15) is 5.69 Å². The summed E-state index contributed by atoms with van der Waals surface area (Å²) in [5.41, 5.74) is 9.24. The Bertz CT molecular complexity index is 1130. The standard InChI is InChI=1S/C25H28N4O/c1-25(2)12-11-19-22(15-25)27-28-23(19)21-14-17-13-18(9-10-20(17)26-21)29(3)24(30)16-7-5-4-6-8-16/h4-8,13-14,26H,9-12,15H2,1-3H3,(H,27,28). The van der Waals surface area contributed by atoms with Crippen molar-refractivity contribution in [2.45, 2.75) is 46.0 Å². The van der Waals surface area contributed by atoms with Crippen LogP contribution in [0.5, 0.6) is 0 Å². The molecule has 0 saturated heterocycles. The molecule has 2 N–H and O–H groups in total. The zero-order valence-electron chi connectivity index (χ0n) is 17.9. The summed E-state index contributed by atoms with van der Waals surface area (Å²) in [6.07, 6.45) is 7.17. The number of carbonyl (C=O) groups is 1. The van der Waals surface area contributed by atoms with Crippen molar-refractivity contribution in [3.63, 3.8) is 0 Å². The van der Waals surface area contributed by atoms with E-state index in [9.17, 15) is 4.79 Å². The molecule has 0 saturated carbocycles. The summed E-state index contributed by atoms with van der Waals surface area (Å²) in [4.78, 5) is 18.2. The molecule has 1 aromatic carbocycles. The highest BCUT2D eigenvalue weighted by Crippen LogP contribution is 2.38. The van der Waals surface area contributed by atoms with Crippen LogP contribution in [0.2, 0.25) is 0 Å². The molecular weight excluding hydrogens is 372 g/mol. The monoisotopic (exact) mass is 400 g/mol. The predicted molar refractivity (Wildman–Crippen MR) is 119 cm³/mol. The fourth-order valence-electron chi connectivity index (χ4n) is 4.72. The molecule has 30 heavy (non-hydrogen) atoms. The number of fused-ring (bicyclic) bond motifs is 2. The molecule has 1 amide bonds. The molecule has 2 heterocycles. The predicted octanol–water partition coefficient (Wildman–Crippen LogP) is 4.98. The number of hydrogen-bond donors (Lipinski definition) is 2. The topological polar surface area (TPSA) is 64.8 Å². The van der Waals surface area contributed by atoms with Gasteiger partial charge >= 0.3 is 0 Å². The molecule has 5 rings (SSSR count). The normalized spacial score (nSPS) is 17.1. The Balaban J connectivity index is 1.42. The third-order valence-electron chi connectivity index (χ3n) is 6.56. The largest absolute Gasteiger partial charge is 0.357 e. The first-order valence-electron chi connectivity index (χ1n) is 10.7. The molecule has 0 unspecified atom stereocenters. The summed E-state index contributed by atoms with van der Waals surface area (Å²) < 4.78 is 0. The first-order valence-corrected chi connectivity index (χ1v) is 10.7. The SMILES string of the molecule is CN(C(=O)c1ccccc1)C1=Cc2cc(-c3n[nH]c4c3CCC(C)(C)C4)[nH]c2CC1. The number of aryl methyl sites for hydroxylation is 1. The molecule has 5 heteroatoms. The number of amides is 1. The first-order chi connectivity index (χ1) is 14.4. The Kier molecular flexibility index (Phi) is 4.42. The van der Waals surface area contributed by atoms with Gasteiger partial charge in [-0.05, 0) is 67.4 Å². The molecule has 2 aromatic heterocycles. The maximum atomic E-state index is 12.8. The summed E-state index contributed by atoms with van der Waals surface area (Å²) in [5, 5.41) is 7.94. The number of carbonyl (C=O) groups excluding carboxylic acids is 1.